The van der Waals surface area contributed by atoms with Gasteiger partial charge in [-0.2, -0.15) is 0 Å². The molecule has 0 aliphatic heterocycles. The van der Waals surface area contributed by atoms with Crippen molar-refractivity contribution < 1.29 is 14.6 Å². The fourth-order valence-corrected chi connectivity index (χ4v) is 3.12. The van der Waals surface area contributed by atoms with Crippen LogP contribution >= 0.6 is 0 Å². The van der Waals surface area contributed by atoms with Gasteiger partial charge in [-0.3, -0.25) is 4.57 Å². The van der Waals surface area contributed by atoms with Crippen molar-refractivity contribution in [1.29, 1.82) is 0 Å². The Bertz CT molecular complexity index is 590. The van der Waals surface area contributed by atoms with Gasteiger partial charge in [-0.15, -0.1) is 0 Å². The minimum Gasteiger partial charge on any atom is -0.443 e. The molecule has 3 rings (SSSR count). The number of rotatable bonds is 0. The number of hydrogen-bond donors (Lipinski definition) is 1. The highest BCUT2D eigenvalue weighted by Crippen LogP contribution is 2.38. The Kier molecular flexibility index (Phi) is 3.01. The summed E-state index contributed by atoms with van der Waals surface area (Å²) in [6.07, 6.45) is 6.50. The topological polar surface area (TPSA) is 51.5 Å². The molecule has 0 amide bonds. The van der Waals surface area contributed by atoms with Gasteiger partial charge in [0.15, 0.2) is 0 Å². The first kappa shape index (κ1) is 13.4. The number of carbonyl (C=O) groups excluding carboxylic acids is 1. The molecule has 1 heterocycles. The van der Waals surface area contributed by atoms with Gasteiger partial charge in [-0.05, 0) is 51.2 Å². The molecular formula is C16H21NO3. The van der Waals surface area contributed by atoms with Crippen LogP contribution in [0.5, 0.6) is 0 Å². The first-order chi connectivity index (χ1) is 9.35. The number of allylic oxidation sites excluding steroid dienone is 1. The average molecular weight is 275 g/mol. The molecule has 4 nitrogen and oxygen atoms in total. The molecule has 0 saturated carbocycles. The fourth-order valence-electron chi connectivity index (χ4n) is 3.12. The predicted molar refractivity (Wildman–Crippen MR) is 76.7 cm³/mol. The molecular weight excluding hydrogens is 254 g/mol. The summed E-state index contributed by atoms with van der Waals surface area (Å²) in [5.41, 5.74) is 3.96. The van der Waals surface area contributed by atoms with Crippen molar-refractivity contribution in [3.05, 3.63) is 29.1 Å². The molecule has 0 spiro atoms. The molecule has 0 aromatic carbocycles. The van der Waals surface area contributed by atoms with E-state index in [1.165, 1.54) is 11.1 Å². The molecule has 2 aliphatic rings. The lowest BCUT2D eigenvalue weighted by atomic mass is 9.84. The molecule has 1 aromatic rings. The largest absolute Gasteiger partial charge is 0.443 e. The number of hydrogen-bond acceptors (Lipinski definition) is 3. The molecule has 0 saturated heterocycles. The maximum atomic E-state index is 12.3. The number of aromatic nitrogens is 1. The Balaban J connectivity index is 2.02. The standard InChI is InChI=1S/C16H21NO3/c1-16(2,3)20-15(19)17-9-11-8-12(18)7-10-5-4-6-13(17)14(10)11/h7,9,12,18H,4-6,8H2,1-3H3. The molecule has 108 valence electrons. The summed E-state index contributed by atoms with van der Waals surface area (Å²) in [5, 5.41) is 9.90. The summed E-state index contributed by atoms with van der Waals surface area (Å²) in [6, 6.07) is 0. The molecule has 1 atom stereocenters. The van der Waals surface area contributed by atoms with E-state index >= 15 is 0 Å². The van der Waals surface area contributed by atoms with Crippen molar-refractivity contribution in [2.24, 2.45) is 0 Å². The second-order valence-corrected chi connectivity index (χ2v) is 6.64. The number of aliphatic hydroxyl groups is 1. The highest BCUT2D eigenvalue weighted by Gasteiger charge is 2.30. The third kappa shape index (κ3) is 2.29. The Labute approximate surface area is 119 Å². The number of nitrogens with zero attached hydrogens (tertiary/aromatic N) is 1. The van der Waals surface area contributed by atoms with Gasteiger partial charge in [-0.1, -0.05) is 6.08 Å². The van der Waals surface area contributed by atoms with Crippen molar-refractivity contribution >= 4 is 11.7 Å². The van der Waals surface area contributed by atoms with E-state index in [9.17, 15) is 9.90 Å². The van der Waals surface area contributed by atoms with Crippen LogP contribution in [0.15, 0.2) is 12.3 Å². The van der Waals surface area contributed by atoms with Crippen LogP contribution in [0.1, 0.15) is 50.4 Å². The van der Waals surface area contributed by atoms with Crippen molar-refractivity contribution in [2.75, 3.05) is 0 Å². The molecule has 1 unspecified atom stereocenters. The number of ether oxygens (including phenoxy) is 1. The van der Waals surface area contributed by atoms with Crippen LogP contribution < -0.4 is 0 Å². The molecule has 1 aromatic heterocycles. The van der Waals surface area contributed by atoms with Crippen molar-refractivity contribution in [3.8, 4) is 0 Å². The normalized spacial score (nSPS) is 21.2. The third-order valence-electron chi connectivity index (χ3n) is 3.78. The average Bonchev–Trinajstić information content (AvgIpc) is 2.67. The molecule has 0 radical (unpaired) electrons. The summed E-state index contributed by atoms with van der Waals surface area (Å²) >= 11 is 0. The molecule has 20 heavy (non-hydrogen) atoms. The Morgan fingerprint density at radius 2 is 2.15 bits per heavy atom. The van der Waals surface area contributed by atoms with Crippen LogP contribution in [-0.2, 0) is 17.6 Å². The van der Waals surface area contributed by atoms with Crippen LogP contribution in [0.3, 0.4) is 0 Å². The maximum absolute atomic E-state index is 12.3. The quantitative estimate of drug-likeness (QED) is 0.792. The van der Waals surface area contributed by atoms with Gasteiger partial charge in [0, 0.05) is 23.9 Å². The molecule has 2 aliphatic carbocycles. The van der Waals surface area contributed by atoms with Gasteiger partial charge in [0.2, 0.25) is 0 Å². The van der Waals surface area contributed by atoms with Crippen LogP contribution in [0, 0.1) is 0 Å². The van der Waals surface area contributed by atoms with Crippen molar-refractivity contribution in [2.45, 2.75) is 58.2 Å². The monoisotopic (exact) mass is 275 g/mol. The summed E-state index contributed by atoms with van der Waals surface area (Å²) < 4.78 is 7.11. The van der Waals surface area contributed by atoms with Crippen molar-refractivity contribution in [3.63, 3.8) is 0 Å². The summed E-state index contributed by atoms with van der Waals surface area (Å²) in [4.78, 5) is 12.3. The molecule has 0 bridgehead atoms. The van der Waals surface area contributed by atoms with E-state index in [-0.39, 0.29) is 6.09 Å². The van der Waals surface area contributed by atoms with Gasteiger partial charge in [0.1, 0.15) is 5.60 Å². The summed E-state index contributed by atoms with van der Waals surface area (Å²) in [5.74, 6) is 0. The second kappa shape index (κ2) is 4.48. The second-order valence-electron chi connectivity index (χ2n) is 6.64. The van der Waals surface area contributed by atoms with Gasteiger partial charge < -0.3 is 9.84 Å². The number of carbonyl (C=O) groups is 1. The SMILES string of the molecule is CC(C)(C)OC(=O)n1cc2c3c1CCCC3=CC(O)C2. The highest BCUT2D eigenvalue weighted by atomic mass is 16.6. The lowest BCUT2D eigenvalue weighted by Gasteiger charge is -2.24. The molecule has 1 N–H and O–H groups in total. The maximum Gasteiger partial charge on any atom is 0.418 e. The molecule has 0 fully saturated rings. The van der Waals surface area contributed by atoms with Gasteiger partial charge in [-0.25, -0.2) is 4.79 Å². The van der Waals surface area contributed by atoms with Crippen molar-refractivity contribution in [1.82, 2.24) is 4.57 Å². The van der Waals surface area contributed by atoms with Gasteiger partial charge in [0.25, 0.3) is 0 Å². The highest BCUT2D eigenvalue weighted by molar-refractivity contribution is 5.80. The zero-order valence-electron chi connectivity index (χ0n) is 12.3. The minimum atomic E-state index is -0.499. The minimum absolute atomic E-state index is 0.322. The van der Waals surface area contributed by atoms with E-state index < -0.39 is 11.7 Å². The van der Waals surface area contributed by atoms with E-state index in [1.54, 1.807) is 4.57 Å². The van der Waals surface area contributed by atoms with Crippen LogP contribution in [-0.4, -0.2) is 27.5 Å². The van der Waals surface area contributed by atoms with Crippen LogP contribution in [0.25, 0.3) is 5.57 Å². The lowest BCUT2D eigenvalue weighted by molar-refractivity contribution is 0.0532. The Morgan fingerprint density at radius 3 is 2.85 bits per heavy atom. The predicted octanol–water partition coefficient (Wildman–Crippen LogP) is 2.91. The Hall–Kier alpha value is -1.55. The van der Waals surface area contributed by atoms with E-state index in [0.717, 1.165) is 30.5 Å². The summed E-state index contributed by atoms with van der Waals surface area (Å²) in [7, 11) is 0. The zero-order valence-corrected chi connectivity index (χ0v) is 12.3. The Morgan fingerprint density at radius 1 is 1.40 bits per heavy atom. The third-order valence-corrected chi connectivity index (χ3v) is 3.78. The van der Waals surface area contributed by atoms with E-state index in [0.29, 0.717) is 6.42 Å². The fraction of sp³-hybridized carbons (Fsp3) is 0.562. The summed E-state index contributed by atoms with van der Waals surface area (Å²) in [6.45, 7) is 5.61. The van der Waals surface area contributed by atoms with E-state index in [2.05, 4.69) is 0 Å². The van der Waals surface area contributed by atoms with Gasteiger partial charge in [0.05, 0.1) is 6.10 Å². The van der Waals surface area contributed by atoms with Crippen LogP contribution in [0.4, 0.5) is 4.79 Å². The smallest absolute Gasteiger partial charge is 0.418 e. The first-order valence-electron chi connectivity index (χ1n) is 7.21. The van der Waals surface area contributed by atoms with Gasteiger partial charge >= 0.3 is 6.09 Å². The zero-order chi connectivity index (χ0) is 14.5. The molecule has 4 heteroatoms. The number of aliphatic hydroxyl groups excluding tert-OH is 1. The van der Waals surface area contributed by atoms with Crippen LogP contribution in [0.2, 0.25) is 0 Å². The van der Waals surface area contributed by atoms with E-state index in [4.69, 9.17) is 4.74 Å². The van der Waals surface area contributed by atoms with E-state index in [1.807, 2.05) is 33.0 Å². The lowest BCUT2D eigenvalue weighted by Crippen LogP contribution is -2.28. The first-order valence-corrected chi connectivity index (χ1v) is 7.21.